The molecule has 9 N–H and O–H groups in total. The topological polar surface area (TPSA) is 228 Å². The van der Waals surface area contributed by atoms with E-state index < -0.39 is 86.8 Å². The summed E-state index contributed by atoms with van der Waals surface area (Å²) in [6, 6.07) is -0.936. The molecule has 14 nitrogen and oxygen atoms in total. The normalized spacial score (nSPS) is 23.3. The Labute approximate surface area is 538 Å². The highest BCUT2D eigenvalue weighted by molar-refractivity contribution is 5.76. The molecule has 2 aliphatic rings. The molecule has 88 heavy (non-hydrogen) atoms. The van der Waals surface area contributed by atoms with Gasteiger partial charge < -0.3 is 65.1 Å². The number of ether oxygens (including phenoxy) is 4. The minimum atomic E-state index is -1.79. The van der Waals surface area contributed by atoms with Crippen LogP contribution in [0.15, 0.2) is 36.5 Å². The van der Waals surface area contributed by atoms with Crippen molar-refractivity contribution in [1.82, 2.24) is 5.32 Å². The number of carbonyl (C=O) groups excluding carboxylic acids is 1. The lowest BCUT2D eigenvalue weighted by molar-refractivity contribution is -0.359. The van der Waals surface area contributed by atoms with E-state index >= 15 is 0 Å². The molecule has 2 aliphatic heterocycles. The first-order valence-electron chi connectivity index (χ1n) is 37.2. The zero-order valence-electron chi connectivity index (χ0n) is 56.5. The Kier molecular flexibility index (Phi) is 55.2. The number of hydrogen-bond donors (Lipinski definition) is 9. The van der Waals surface area contributed by atoms with Crippen molar-refractivity contribution < 1.29 is 64.6 Å². The molecule has 12 unspecified atom stereocenters. The summed E-state index contributed by atoms with van der Waals surface area (Å²) in [6.45, 7) is 2.78. The van der Waals surface area contributed by atoms with E-state index in [-0.39, 0.29) is 18.9 Å². The summed E-state index contributed by atoms with van der Waals surface area (Å²) in [7, 11) is 0. The minimum Gasteiger partial charge on any atom is -0.394 e. The number of nitrogens with one attached hydrogen (secondary N) is 1. The Morgan fingerprint density at radius 3 is 1.11 bits per heavy atom. The Hall–Kier alpha value is -1.79. The Morgan fingerprint density at radius 1 is 0.398 bits per heavy atom. The molecule has 12 atom stereocenters. The molecule has 14 heteroatoms. The van der Waals surface area contributed by atoms with E-state index in [0.717, 1.165) is 44.9 Å². The van der Waals surface area contributed by atoms with Gasteiger partial charge in [0.25, 0.3) is 0 Å². The second-order valence-corrected chi connectivity index (χ2v) is 26.4. The molecule has 0 saturated carbocycles. The molecule has 2 saturated heterocycles. The second kappa shape index (κ2) is 59.0. The molecule has 0 aromatic rings. The van der Waals surface area contributed by atoms with Crippen molar-refractivity contribution >= 4 is 5.91 Å². The molecule has 1 amide bonds. The van der Waals surface area contributed by atoms with Gasteiger partial charge in [-0.2, -0.15) is 0 Å². The van der Waals surface area contributed by atoms with Crippen LogP contribution in [0.25, 0.3) is 0 Å². The van der Waals surface area contributed by atoms with Crippen LogP contribution in [0.3, 0.4) is 0 Å². The van der Waals surface area contributed by atoms with Gasteiger partial charge >= 0.3 is 0 Å². The van der Waals surface area contributed by atoms with Gasteiger partial charge in [-0.05, 0) is 44.9 Å². The molecule has 518 valence electrons. The number of aliphatic hydroxyl groups excluding tert-OH is 8. The summed E-state index contributed by atoms with van der Waals surface area (Å²) < 4.78 is 22.8. The standard InChI is InChI=1S/C74H139NO13/c1-3-5-7-9-11-13-15-17-19-20-21-22-23-24-25-26-27-28-29-30-31-32-33-34-35-36-37-38-39-40-41-42-43-44-46-48-50-52-54-56-58-66(79)75-62(63(78)57-55-53-51-49-47-45-18-16-14-12-10-8-6-4-2)61-85-73-71(84)69(82)72(65(60-77)87-73)88-74-70(83)68(81)67(80)64(59-76)86-74/h14,16,47,49,55,57,62-65,67-74,76-78,80-84H,3-13,15,17-46,48,50-54,56,58-61H2,1-2H3,(H,75,79)/b16-14+,49-47+,57-55+. The Bertz CT molecular complexity index is 1620. The van der Waals surface area contributed by atoms with E-state index in [4.69, 9.17) is 18.9 Å². The van der Waals surface area contributed by atoms with E-state index in [1.54, 1.807) is 6.08 Å². The van der Waals surface area contributed by atoms with Crippen molar-refractivity contribution in [3.63, 3.8) is 0 Å². The number of hydrogen-bond acceptors (Lipinski definition) is 13. The molecule has 0 radical (unpaired) electrons. The largest absolute Gasteiger partial charge is 0.394 e. The summed E-state index contributed by atoms with van der Waals surface area (Å²) in [6.07, 6.45) is 59.8. The Balaban J connectivity index is 1.54. The van der Waals surface area contributed by atoms with Gasteiger partial charge in [-0.3, -0.25) is 4.79 Å². The number of rotatable bonds is 62. The fourth-order valence-electron chi connectivity index (χ4n) is 12.4. The van der Waals surface area contributed by atoms with Crippen molar-refractivity contribution in [2.45, 2.75) is 408 Å². The average Bonchev–Trinajstić information content (AvgIpc) is 3.59. The van der Waals surface area contributed by atoms with Crippen molar-refractivity contribution in [1.29, 1.82) is 0 Å². The first kappa shape index (κ1) is 82.3. The zero-order valence-corrected chi connectivity index (χ0v) is 56.5. The quantitative estimate of drug-likeness (QED) is 0.0204. The molecule has 0 aromatic heterocycles. The van der Waals surface area contributed by atoms with Crippen LogP contribution in [0.1, 0.15) is 335 Å². The number of carbonyl (C=O) groups is 1. The maximum absolute atomic E-state index is 13.3. The monoisotopic (exact) mass is 1250 g/mol. The maximum Gasteiger partial charge on any atom is 0.220 e. The molecule has 2 fully saturated rings. The van der Waals surface area contributed by atoms with E-state index in [9.17, 15) is 45.6 Å². The predicted octanol–water partition coefficient (Wildman–Crippen LogP) is 15.7. The van der Waals surface area contributed by atoms with Crippen LogP contribution >= 0.6 is 0 Å². The van der Waals surface area contributed by atoms with E-state index in [0.29, 0.717) is 12.8 Å². The van der Waals surface area contributed by atoms with Gasteiger partial charge in [0.1, 0.15) is 48.8 Å². The van der Waals surface area contributed by atoms with Crippen LogP contribution in [0.5, 0.6) is 0 Å². The third kappa shape index (κ3) is 42.4. The van der Waals surface area contributed by atoms with Crippen molar-refractivity contribution in [3.8, 4) is 0 Å². The van der Waals surface area contributed by atoms with Crippen LogP contribution in [-0.2, 0) is 23.7 Å². The fourth-order valence-corrected chi connectivity index (χ4v) is 12.4. The van der Waals surface area contributed by atoms with Crippen molar-refractivity contribution in [2.24, 2.45) is 0 Å². The smallest absolute Gasteiger partial charge is 0.220 e. The molecular weight excluding hydrogens is 1110 g/mol. The van der Waals surface area contributed by atoms with Gasteiger partial charge in [-0.1, -0.05) is 320 Å². The lowest BCUT2D eigenvalue weighted by Gasteiger charge is -2.46. The molecule has 0 aliphatic carbocycles. The van der Waals surface area contributed by atoms with Gasteiger partial charge in [-0.15, -0.1) is 0 Å². The predicted molar refractivity (Wildman–Crippen MR) is 360 cm³/mol. The highest BCUT2D eigenvalue weighted by Crippen LogP contribution is 2.30. The summed E-state index contributed by atoms with van der Waals surface area (Å²) in [5.41, 5.74) is 0. The summed E-state index contributed by atoms with van der Waals surface area (Å²) >= 11 is 0. The van der Waals surface area contributed by atoms with Gasteiger partial charge in [0, 0.05) is 6.42 Å². The zero-order chi connectivity index (χ0) is 63.8. The fraction of sp³-hybridized carbons (Fsp3) is 0.905. The Morgan fingerprint density at radius 2 is 0.727 bits per heavy atom. The average molecular weight is 1250 g/mol. The summed E-state index contributed by atoms with van der Waals surface area (Å²) in [5.74, 6) is -0.248. The van der Waals surface area contributed by atoms with Crippen LogP contribution in [0.4, 0.5) is 0 Å². The second-order valence-electron chi connectivity index (χ2n) is 26.4. The first-order chi connectivity index (χ1) is 43.1. The third-order valence-electron chi connectivity index (χ3n) is 18.3. The van der Waals surface area contributed by atoms with Crippen LogP contribution in [0, 0.1) is 0 Å². The van der Waals surface area contributed by atoms with E-state index in [1.165, 1.54) is 257 Å². The first-order valence-corrected chi connectivity index (χ1v) is 37.2. The van der Waals surface area contributed by atoms with Gasteiger partial charge in [0.15, 0.2) is 12.6 Å². The van der Waals surface area contributed by atoms with Gasteiger partial charge in [-0.25, -0.2) is 0 Å². The van der Waals surface area contributed by atoms with Crippen molar-refractivity contribution in [3.05, 3.63) is 36.5 Å². The highest BCUT2D eigenvalue weighted by atomic mass is 16.7. The van der Waals surface area contributed by atoms with Crippen LogP contribution < -0.4 is 5.32 Å². The molecule has 2 heterocycles. The van der Waals surface area contributed by atoms with E-state index in [2.05, 4.69) is 43.5 Å². The number of allylic oxidation sites excluding steroid dienone is 5. The minimum absolute atomic E-state index is 0.248. The lowest BCUT2D eigenvalue weighted by Crippen LogP contribution is -2.65. The molecule has 2 rings (SSSR count). The number of aliphatic hydroxyl groups is 8. The lowest BCUT2D eigenvalue weighted by atomic mass is 9.97. The molecule has 0 bridgehead atoms. The maximum atomic E-state index is 13.3. The van der Waals surface area contributed by atoms with Crippen LogP contribution in [-0.4, -0.2) is 140 Å². The SMILES string of the molecule is CCCCCC/C=C/CC/C=C/CC/C=C/C(O)C(COC1OC(CO)C(OC2OC(CO)C(O)C(O)C2O)C(O)C1O)NC(=O)CCCCCCCCCCCCCCCCCCCCCCCCCCCCCCCCCCCCCCCCCC. The summed E-state index contributed by atoms with van der Waals surface area (Å²) in [4.78, 5) is 13.3. The highest BCUT2D eigenvalue weighted by Gasteiger charge is 2.51. The molecule has 0 aromatic carbocycles. The number of unbranched alkanes of at least 4 members (excludes halogenated alkanes) is 45. The van der Waals surface area contributed by atoms with Crippen molar-refractivity contribution in [2.75, 3.05) is 19.8 Å². The molecule has 0 spiro atoms. The number of amides is 1. The van der Waals surface area contributed by atoms with Gasteiger partial charge in [0.05, 0.1) is 32.0 Å². The molecular formula is C74H139NO13. The van der Waals surface area contributed by atoms with E-state index in [1.807, 2.05) is 6.08 Å². The third-order valence-corrected chi connectivity index (χ3v) is 18.3. The van der Waals surface area contributed by atoms with Gasteiger partial charge in [0.2, 0.25) is 5.91 Å². The summed E-state index contributed by atoms with van der Waals surface area (Å²) in [5, 5.41) is 87.2. The van der Waals surface area contributed by atoms with Crippen LogP contribution in [0.2, 0.25) is 0 Å².